The van der Waals surface area contributed by atoms with Crippen molar-refractivity contribution in [3.63, 3.8) is 0 Å². The number of aliphatic hydroxyl groups is 1. The Kier molecular flexibility index (Phi) is 5.35. The minimum atomic E-state index is -0.930. The lowest BCUT2D eigenvalue weighted by molar-refractivity contribution is -0.0138. The van der Waals surface area contributed by atoms with Gasteiger partial charge in [-0.2, -0.15) is 0 Å². The molecule has 0 atom stereocenters. The SMILES string of the molecule is C#CCCN1CCC(C(O)(c2ccccc2)c2ccccc2)CC1. The molecule has 1 fully saturated rings. The highest BCUT2D eigenvalue weighted by molar-refractivity contribution is 5.37. The lowest BCUT2D eigenvalue weighted by Crippen LogP contribution is -2.44. The average molecular weight is 319 g/mol. The van der Waals surface area contributed by atoms with Gasteiger partial charge in [0.05, 0.1) is 0 Å². The minimum absolute atomic E-state index is 0.212. The second-order valence-corrected chi connectivity index (χ2v) is 6.57. The van der Waals surface area contributed by atoms with Crippen LogP contribution in [0.5, 0.6) is 0 Å². The van der Waals surface area contributed by atoms with Crippen molar-refractivity contribution in [3.05, 3.63) is 71.8 Å². The van der Waals surface area contributed by atoms with Crippen LogP contribution in [0.4, 0.5) is 0 Å². The van der Waals surface area contributed by atoms with Gasteiger partial charge in [-0.15, -0.1) is 12.3 Å². The number of nitrogens with zero attached hydrogens (tertiary/aromatic N) is 1. The maximum atomic E-state index is 11.8. The van der Waals surface area contributed by atoms with E-state index in [0.717, 1.165) is 50.0 Å². The summed E-state index contributed by atoms with van der Waals surface area (Å²) < 4.78 is 0. The zero-order chi connectivity index (χ0) is 16.8. The zero-order valence-electron chi connectivity index (χ0n) is 14.1. The Morgan fingerprint density at radius 3 is 1.92 bits per heavy atom. The van der Waals surface area contributed by atoms with Crippen LogP contribution in [-0.4, -0.2) is 29.6 Å². The highest BCUT2D eigenvalue weighted by Gasteiger charge is 2.41. The molecule has 0 saturated carbocycles. The normalized spacial score (nSPS) is 16.7. The molecule has 0 unspecified atom stereocenters. The zero-order valence-corrected chi connectivity index (χ0v) is 14.1. The molecule has 0 amide bonds. The molecule has 0 radical (unpaired) electrons. The van der Waals surface area contributed by atoms with E-state index in [1.807, 2.05) is 60.7 Å². The highest BCUT2D eigenvalue weighted by atomic mass is 16.3. The van der Waals surface area contributed by atoms with E-state index in [4.69, 9.17) is 6.42 Å². The number of piperidine rings is 1. The second kappa shape index (κ2) is 7.66. The van der Waals surface area contributed by atoms with Gasteiger partial charge in [0.25, 0.3) is 0 Å². The fraction of sp³-hybridized carbons (Fsp3) is 0.364. The van der Waals surface area contributed by atoms with E-state index >= 15 is 0 Å². The number of hydrogen-bond acceptors (Lipinski definition) is 2. The molecular formula is C22H25NO. The first-order valence-electron chi connectivity index (χ1n) is 8.74. The van der Waals surface area contributed by atoms with Crippen LogP contribution in [0.25, 0.3) is 0 Å². The van der Waals surface area contributed by atoms with Crippen molar-refractivity contribution < 1.29 is 5.11 Å². The summed E-state index contributed by atoms with van der Waals surface area (Å²) in [5.41, 5.74) is 1.04. The molecule has 24 heavy (non-hydrogen) atoms. The Morgan fingerprint density at radius 1 is 0.958 bits per heavy atom. The lowest BCUT2D eigenvalue weighted by atomic mass is 9.72. The highest BCUT2D eigenvalue weighted by Crippen LogP contribution is 2.41. The largest absolute Gasteiger partial charge is 0.380 e. The van der Waals surface area contributed by atoms with Crippen LogP contribution in [0.1, 0.15) is 30.4 Å². The number of likely N-dealkylation sites (tertiary alicyclic amines) is 1. The fourth-order valence-corrected chi connectivity index (χ4v) is 3.82. The molecule has 124 valence electrons. The summed E-state index contributed by atoms with van der Waals surface area (Å²) in [5, 5.41) is 11.8. The monoisotopic (exact) mass is 319 g/mol. The number of rotatable bonds is 5. The van der Waals surface area contributed by atoms with Crippen molar-refractivity contribution in [1.29, 1.82) is 0 Å². The van der Waals surface area contributed by atoms with Crippen LogP contribution in [0.15, 0.2) is 60.7 Å². The van der Waals surface area contributed by atoms with Crippen LogP contribution in [0, 0.1) is 18.3 Å². The molecule has 3 rings (SSSR count). The Hall–Kier alpha value is -2.08. The molecule has 1 heterocycles. The summed E-state index contributed by atoms with van der Waals surface area (Å²) in [6.45, 7) is 2.95. The third-order valence-electron chi connectivity index (χ3n) is 5.18. The predicted molar refractivity (Wildman–Crippen MR) is 98.5 cm³/mol. The van der Waals surface area contributed by atoms with Gasteiger partial charge < -0.3 is 10.0 Å². The van der Waals surface area contributed by atoms with E-state index in [2.05, 4.69) is 10.8 Å². The minimum Gasteiger partial charge on any atom is -0.380 e. The maximum absolute atomic E-state index is 11.8. The molecule has 2 aromatic carbocycles. The summed E-state index contributed by atoms with van der Waals surface area (Å²) in [7, 11) is 0. The molecule has 2 heteroatoms. The second-order valence-electron chi connectivity index (χ2n) is 6.57. The van der Waals surface area contributed by atoms with Crippen molar-refractivity contribution >= 4 is 0 Å². The Balaban J connectivity index is 1.86. The first-order chi connectivity index (χ1) is 11.7. The summed E-state index contributed by atoms with van der Waals surface area (Å²) in [6.07, 6.45) is 8.13. The standard InChI is InChI=1S/C22H25NO/c1-2-3-16-23-17-14-21(15-18-23)22(24,19-10-6-4-7-11-19)20-12-8-5-9-13-20/h1,4-13,21,24H,3,14-18H2. The van der Waals surface area contributed by atoms with Gasteiger partial charge in [-0.1, -0.05) is 60.7 Å². The molecule has 2 aromatic rings. The number of hydrogen-bond donors (Lipinski definition) is 1. The van der Waals surface area contributed by atoms with Gasteiger partial charge >= 0.3 is 0 Å². The summed E-state index contributed by atoms with van der Waals surface area (Å²) >= 11 is 0. The lowest BCUT2D eigenvalue weighted by Gasteiger charge is -2.42. The molecule has 1 saturated heterocycles. The van der Waals surface area contributed by atoms with Gasteiger partial charge in [0.2, 0.25) is 0 Å². The Bertz CT molecular complexity index is 627. The quantitative estimate of drug-likeness (QED) is 0.850. The van der Waals surface area contributed by atoms with E-state index in [0.29, 0.717) is 0 Å². The van der Waals surface area contributed by atoms with Gasteiger partial charge in [-0.25, -0.2) is 0 Å². The van der Waals surface area contributed by atoms with Gasteiger partial charge in [0.1, 0.15) is 5.60 Å². The van der Waals surface area contributed by atoms with Crippen LogP contribution >= 0.6 is 0 Å². The smallest absolute Gasteiger partial charge is 0.117 e. The van der Waals surface area contributed by atoms with Crippen molar-refractivity contribution in [2.45, 2.75) is 24.9 Å². The Labute approximate surface area is 145 Å². The van der Waals surface area contributed by atoms with Gasteiger partial charge in [-0.3, -0.25) is 0 Å². The summed E-state index contributed by atoms with van der Waals surface area (Å²) in [5.74, 6) is 2.93. The molecule has 2 nitrogen and oxygen atoms in total. The van der Waals surface area contributed by atoms with E-state index in [9.17, 15) is 5.11 Å². The van der Waals surface area contributed by atoms with E-state index < -0.39 is 5.60 Å². The van der Waals surface area contributed by atoms with E-state index in [1.54, 1.807) is 0 Å². The van der Waals surface area contributed by atoms with E-state index in [-0.39, 0.29) is 5.92 Å². The van der Waals surface area contributed by atoms with Crippen LogP contribution in [-0.2, 0) is 5.60 Å². The predicted octanol–water partition coefficient (Wildman–Crippen LogP) is 3.66. The Morgan fingerprint density at radius 2 is 1.46 bits per heavy atom. The molecule has 1 N–H and O–H groups in total. The molecule has 1 aliphatic rings. The number of benzene rings is 2. The molecule has 0 aliphatic carbocycles. The first kappa shape index (κ1) is 16.8. The summed E-state index contributed by atoms with van der Waals surface area (Å²) in [4.78, 5) is 2.41. The third-order valence-corrected chi connectivity index (χ3v) is 5.18. The van der Waals surface area contributed by atoms with Crippen molar-refractivity contribution in [2.75, 3.05) is 19.6 Å². The molecule has 0 aromatic heterocycles. The number of terminal acetylenes is 1. The topological polar surface area (TPSA) is 23.5 Å². The molecule has 0 spiro atoms. The molecular weight excluding hydrogens is 294 g/mol. The molecule has 0 bridgehead atoms. The van der Waals surface area contributed by atoms with Crippen LogP contribution in [0.3, 0.4) is 0 Å². The van der Waals surface area contributed by atoms with Gasteiger partial charge in [-0.05, 0) is 43.0 Å². The fourth-order valence-electron chi connectivity index (χ4n) is 3.82. The van der Waals surface area contributed by atoms with E-state index in [1.165, 1.54) is 0 Å². The van der Waals surface area contributed by atoms with Crippen LogP contribution < -0.4 is 0 Å². The maximum Gasteiger partial charge on any atom is 0.117 e. The average Bonchev–Trinajstić information content (AvgIpc) is 2.67. The third kappa shape index (κ3) is 3.38. The van der Waals surface area contributed by atoms with Crippen molar-refractivity contribution in [1.82, 2.24) is 4.90 Å². The molecule has 1 aliphatic heterocycles. The van der Waals surface area contributed by atoms with Crippen molar-refractivity contribution in [3.8, 4) is 12.3 Å². The van der Waals surface area contributed by atoms with Gasteiger partial charge in [0, 0.05) is 13.0 Å². The van der Waals surface area contributed by atoms with Crippen molar-refractivity contribution in [2.24, 2.45) is 5.92 Å². The first-order valence-corrected chi connectivity index (χ1v) is 8.74. The summed E-state index contributed by atoms with van der Waals surface area (Å²) in [6, 6.07) is 20.2. The van der Waals surface area contributed by atoms with Gasteiger partial charge in [0.15, 0.2) is 0 Å². The van der Waals surface area contributed by atoms with Crippen LogP contribution in [0.2, 0.25) is 0 Å².